The van der Waals surface area contributed by atoms with Crippen LogP contribution in [0.2, 0.25) is 0 Å². The van der Waals surface area contributed by atoms with Gasteiger partial charge in [-0.2, -0.15) is 0 Å². The van der Waals surface area contributed by atoms with Gasteiger partial charge in [0.05, 0.1) is 17.8 Å². The molecular formula is C15H22N2O2. The van der Waals surface area contributed by atoms with E-state index < -0.39 is 0 Å². The SMILES string of the molecule is CNc1ccc(C)cc1C(=O)N1C[C@@H](C)O[C@@H](C)C1. The van der Waals surface area contributed by atoms with Gasteiger partial charge in [0.2, 0.25) is 0 Å². The Morgan fingerprint density at radius 3 is 2.53 bits per heavy atom. The second-order valence-electron chi connectivity index (χ2n) is 5.27. The van der Waals surface area contributed by atoms with Gasteiger partial charge in [0.15, 0.2) is 0 Å². The quantitative estimate of drug-likeness (QED) is 0.889. The maximum absolute atomic E-state index is 12.7. The maximum atomic E-state index is 12.7. The van der Waals surface area contributed by atoms with Gasteiger partial charge in [0.1, 0.15) is 0 Å². The molecule has 19 heavy (non-hydrogen) atoms. The Morgan fingerprint density at radius 1 is 1.32 bits per heavy atom. The molecule has 0 spiro atoms. The van der Waals surface area contributed by atoms with Crippen LogP contribution in [0, 0.1) is 6.92 Å². The van der Waals surface area contributed by atoms with E-state index >= 15 is 0 Å². The summed E-state index contributed by atoms with van der Waals surface area (Å²) in [5, 5.41) is 3.09. The van der Waals surface area contributed by atoms with Crippen molar-refractivity contribution in [2.24, 2.45) is 0 Å². The lowest BCUT2D eigenvalue weighted by Gasteiger charge is -2.35. The second-order valence-corrected chi connectivity index (χ2v) is 5.27. The van der Waals surface area contributed by atoms with Crippen LogP contribution in [-0.2, 0) is 4.74 Å². The molecule has 0 aliphatic carbocycles. The van der Waals surface area contributed by atoms with Crippen LogP contribution in [0.3, 0.4) is 0 Å². The average molecular weight is 262 g/mol. The molecule has 0 radical (unpaired) electrons. The van der Waals surface area contributed by atoms with Crippen LogP contribution >= 0.6 is 0 Å². The van der Waals surface area contributed by atoms with Crippen LogP contribution in [0.5, 0.6) is 0 Å². The summed E-state index contributed by atoms with van der Waals surface area (Å²) in [6.07, 6.45) is 0.186. The van der Waals surface area contributed by atoms with Crippen LogP contribution in [0.4, 0.5) is 5.69 Å². The number of aryl methyl sites for hydroxylation is 1. The number of rotatable bonds is 2. The normalized spacial score (nSPS) is 23.3. The molecule has 1 saturated heterocycles. The number of carbonyl (C=O) groups is 1. The average Bonchev–Trinajstić information content (AvgIpc) is 2.36. The largest absolute Gasteiger partial charge is 0.387 e. The van der Waals surface area contributed by atoms with Gasteiger partial charge < -0.3 is 15.0 Å². The Morgan fingerprint density at radius 2 is 1.95 bits per heavy atom. The van der Waals surface area contributed by atoms with Crippen molar-refractivity contribution in [1.29, 1.82) is 0 Å². The fourth-order valence-electron chi connectivity index (χ4n) is 2.57. The molecule has 0 unspecified atom stereocenters. The minimum atomic E-state index is 0.0788. The predicted octanol–water partition coefficient (Wildman–Crippen LogP) is 2.29. The molecule has 4 heteroatoms. The molecule has 2 atom stereocenters. The summed E-state index contributed by atoms with van der Waals surface area (Å²) in [5.41, 5.74) is 2.71. The number of carbonyl (C=O) groups excluding carboxylic acids is 1. The Balaban J connectivity index is 2.26. The van der Waals surface area contributed by atoms with E-state index in [9.17, 15) is 4.79 Å². The molecule has 1 aromatic carbocycles. The molecule has 0 aromatic heterocycles. The first-order valence-electron chi connectivity index (χ1n) is 6.74. The smallest absolute Gasteiger partial charge is 0.256 e. The summed E-state index contributed by atoms with van der Waals surface area (Å²) in [4.78, 5) is 14.5. The minimum absolute atomic E-state index is 0.0788. The van der Waals surface area contributed by atoms with E-state index in [4.69, 9.17) is 4.74 Å². The van der Waals surface area contributed by atoms with Crippen molar-refractivity contribution < 1.29 is 9.53 Å². The van der Waals surface area contributed by atoms with Crippen LogP contribution in [0.25, 0.3) is 0 Å². The monoisotopic (exact) mass is 262 g/mol. The van der Waals surface area contributed by atoms with Gasteiger partial charge in [-0.15, -0.1) is 0 Å². The third-order valence-corrected chi connectivity index (χ3v) is 3.38. The first-order chi connectivity index (χ1) is 9.01. The number of morpholine rings is 1. The molecule has 1 fully saturated rings. The van der Waals surface area contributed by atoms with Gasteiger partial charge in [-0.3, -0.25) is 4.79 Å². The molecule has 0 saturated carbocycles. The highest BCUT2D eigenvalue weighted by Crippen LogP contribution is 2.21. The molecule has 1 aliphatic heterocycles. The van der Waals surface area contributed by atoms with Crippen molar-refractivity contribution >= 4 is 11.6 Å². The number of ether oxygens (including phenoxy) is 1. The predicted molar refractivity (Wildman–Crippen MR) is 76.6 cm³/mol. The van der Waals surface area contributed by atoms with Crippen molar-refractivity contribution in [3.8, 4) is 0 Å². The van der Waals surface area contributed by atoms with Crippen molar-refractivity contribution in [3.63, 3.8) is 0 Å². The van der Waals surface area contributed by atoms with Crippen molar-refractivity contribution in [2.75, 3.05) is 25.5 Å². The summed E-state index contributed by atoms with van der Waals surface area (Å²) in [5.74, 6) is 0.0788. The van der Waals surface area contributed by atoms with E-state index in [1.807, 2.05) is 50.9 Å². The van der Waals surface area contributed by atoms with E-state index in [1.165, 1.54) is 0 Å². The Bertz CT molecular complexity index is 463. The minimum Gasteiger partial charge on any atom is -0.387 e. The first-order valence-corrected chi connectivity index (χ1v) is 6.74. The Labute approximate surface area is 114 Å². The standard InChI is InChI=1S/C15H22N2O2/c1-10-5-6-14(16-4)13(7-10)15(18)17-8-11(2)19-12(3)9-17/h5-7,11-12,16H,8-9H2,1-4H3/t11-,12+. The highest BCUT2D eigenvalue weighted by molar-refractivity contribution is 5.99. The number of anilines is 1. The molecular weight excluding hydrogens is 240 g/mol. The summed E-state index contributed by atoms with van der Waals surface area (Å²) < 4.78 is 5.67. The van der Waals surface area contributed by atoms with E-state index in [0.717, 1.165) is 16.8 Å². The van der Waals surface area contributed by atoms with Crippen molar-refractivity contribution in [2.45, 2.75) is 33.0 Å². The van der Waals surface area contributed by atoms with Gasteiger partial charge in [0.25, 0.3) is 5.91 Å². The number of amides is 1. The molecule has 2 rings (SSSR count). The lowest BCUT2D eigenvalue weighted by Crippen LogP contribution is -2.48. The Kier molecular flexibility index (Phi) is 4.10. The fourth-order valence-corrected chi connectivity index (χ4v) is 2.57. The molecule has 1 amide bonds. The first kappa shape index (κ1) is 13.9. The number of nitrogens with zero attached hydrogens (tertiary/aromatic N) is 1. The third-order valence-electron chi connectivity index (χ3n) is 3.38. The summed E-state index contributed by atoms with van der Waals surface area (Å²) in [6, 6.07) is 5.90. The Hall–Kier alpha value is -1.55. The lowest BCUT2D eigenvalue weighted by atomic mass is 10.1. The van der Waals surface area contributed by atoms with E-state index in [-0.39, 0.29) is 18.1 Å². The van der Waals surface area contributed by atoms with Gasteiger partial charge >= 0.3 is 0 Å². The van der Waals surface area contributed by atoms with Crippen LogP contribution < -0.4 is 5.32 Å². The molecule has 4 nitrogen and oxygen atoms in total. The topological polar surface area (TPSA) is 41.6 Å². The molecule has 1 N–H and O–H groups in total. The summed E-state index contributed by atoms with van der Waals surface area (Å²) in [6.45, 7) is 7.32. The van der Waals surface area contributed by atoms with Crippen LogP contribution in [0.1, 0.15) is 29.8 Å². The number of hydrogen-bond acceptors (Lipinski definition) is 3. The lowest BCUT2D eigenvalue weighted by molar-refractivity contribution is -0.0585. The van der Waals surface area contributed by atoms with E-state index in [2.05, 4.69) is 5.32 Å². The van der Waals surface area contributed by atoms with Gasteiger partial charge in [0, 0.05) is 25.8 Å². The zero-order chi connectivity index (χ0) is 14.0. The maximum Gasteiger partial charge on any atom is 0.256 e. The zero-order valence-corrected chi connectivity index (χ0v) is 12.1. The van der Waals surface area contributed by atoms with E-state index in [1.54, 1.807) is 0 Å². The number of benzene rings is 1. The van der Waals surface area contributed by atoms with E-state index in [0.29, 0.717) is 13.1 Å². The highest BCUT2D eigenvalue weighted by atomic mass is 16.5. The van der Waals surface area contributed by atoms with Crippen molar-refractivity contribution in [1.82, 2.24) is 4.90 Å². The second kappa shape index (κ2) is 5.61. The summed E-state index contributed by atoms with van der Waals surface area (Å²) >= 11 is 0. The highest BCUT2D eigenvalue weighted by Gasteiger charge is 2.27. The third kappa shape index (κ3) is 3.07. The van der Waals surface area contributed by atoms with Gasteiger partial charge in [-0.05, 0) is 32.9 Å². The molecule has 1 aliphatic rings. The molecule has 104 valence electrons. The fraction of sp³-hybridized carbons (Fsp3) is 0.533. The number of nitrogens with one attached hydrogen (secondary N) is 1. The van der Waals surface area contributed by atoms with Crippen LogP contribution in [0.15, 0.2) is 18.2 Å². The zero-order valence-electron chi connectivity index (χ0n) is 12.1. The molecule has 0 bridgehead atoms. The van der Waals surface area contributed by atoms with Crippen LogP contribution in [-0.4, -0.2) is 43.2 Å². The number of hydrogen-bond donors (Lipinski definition) is 1. The van der Waals surface area contributed by atoms with Gasteiger partial charge in [-0.1, -0.05) is 11.6 Å². The van der Waals surface area contributed by atoms with Crippen molar-refractivity contribution in [3.05, 3.63) is 29.3 Å². The summed E-state index contributed by atoms with van der Waals surface area (Å²) in [7, 11) is 1.84. The van der Waals surface area contributed by atoms with Gasteiger partial charge in [-0.25, -0.2) is 0 Å². The molecule has 1 heterocycles. The molecule has 1 aromatic rings.